The summed E-state index contributed by atoms with van der Waals surface area (Å²) in [5, 5.41) is 12.7. The number of halogens is 1. The van der Waals surface area contributed by atoms with Crippen molar-refractivity contribution in [2.75, 3.05) is 5.32 Å². The van der Waals surface area contributed by atoms with Crippen molar-refractivity contribution in [2.24, 2.45) is 0 Å². The fraction of sp³-hybridized carbons (Fsp3) is 0.125. The second-order valence-corrected chi connectivity index (χ2v) is 3.66. The number of alkyl halides is 1. The highest BCUT2D eigenvalue weighted by atomic mass is 127. The predicted octanol–water partition coefficient (Wildman–Crippen LogP) is 1.66. The number of hydrogen-bond acceptors (Lipinski definition) is 3. The van der Waals surface area contributed by atoms with Crippen molar-refractivity contribution >= 4 is 34.2 Å². The van der Waals surface area contributed by atoms with E-state index >= 15 is 0 Å². The maximum absolute atomic E-state index is 11.2. The average molecular weight is 306 g/mol. The molecule has 6 heteroatoms. The second-order valence-electron chi connectivity index (χ2n) is 2.48. The van der Waals surface area contributed by atoms with Crippen LogP contribution in [0.25, 0.3) is 0 Å². The Morgan fingerprint density at radius 1 is 1.43 bits per heavy atom. The van der Waals surface area contributed by atoms with Gasteiger partial charge in [-0.1, -0.05) is 18.2 Å². The molecule has 1 unspecified atom stereocenters. The second kappa shape index (κ2) is 4.89. The summed E-state index contributed by atoms with van der Waals surface area (Å²) in [4.78, 5) is 20.8. The Morgan fingerprint density at radius 2 is 2.00 bits per heavy atom. The van der Waals surface area contributed by atoms with Gasteiger partial charge in [0.1, 0.15) is 0 Å². The van der Waals surface area contributed by atoms with Crippen molar-refractivity contribution in [3.8, 4) is 0 Å². The molecule has 0 saturated carbocycles. The van der Waals surface area contributed by atoms with Crippen LogP contribution in [0.5, 0.6) is 0 Å². The van der Waals surface area contributed by atoms with Crippen molar-refractivity contribution in [3.05, 3.63) is 40.4 Å². The smallest absolute Gasteiger partial charge is 0.319 e. The lowest BCUT2D eigenvalue weighted by Gasteiger charge is -2.04. The highest BCUT2D eigenvalue weighted by molar-refractivity contribution is 14.1. The molecule has 0 spiro atoms. The molecule has 14 heavy (non-hydrogen) atoms. The molecule has 0 saturated heterocycles. The third-order valence-electron chi connectivity index (χ3n) is 1.44. The molecule has 74 valence electrons. The molecular formula is C8H7IN2O3. The summed E-state index contributed by atoms with van der Waals surface area (Å²) < 4.78 is -1.26. The molecule has 5 nitrogen and oxygen atoms in total. The Morgan fingerprint density at radius 3 is 2.50 bits per heavy atom. The number of benzene rings is 1. The van der Waals surface area contributed by atoms with E-state index in [4.69, 9.17) is 0 Å². The third kappa shape index (κ3) is 2.95. The Labute approximate surface area is 93.8 Å². The van der Waals surface area contributed by atoms with Crippen LogP contribution < -0.4 is 5.32 Å². The van der Waals surface area contributed by atoms with Crippen LogP contribution in [-0.4, -0.2) is 14.9 Å². The number of nitrogens with one attached hydrogen (secondary N) is 1. The SMILES string of the molecule is O=C(Nc1ccccc1)C(I)[N+](=O)[O-]. The standard InChI is InChI=1S/C8H7IN2O3/c9-7(11(13)14)8(12)10-6-4-2-1-3-5-6/h1-5,7H,(H,10,12). The van der Waals surface area contributed by atoms with Crippen molar-refractivity contribution in [1.29, 1.82) is 0 Å². The van der Waals surface area contributed by atoms with E-state index in [0.29, 0.717) is 5.69 Å². The minimum atomic E-state index is -1.26. The van der Waals surface area contributed by atoms with Gasteiger partial charge in [-0.05, 0) is 12.1 Å². The number of anilines is 1. The van der Waals surface area contributed by atoms with Crippen LogP contribution in [-0.2, 0) is 4.79 Å². The molecule has 1 amide bonds. The number of carbonyl (C=O) groups is 1. The van der Waals surface area contributed by atoms with Gasteiger partial charge < -0.3 is 5.32 Å². The lowest BCUT2D eigenvalue weighted by Crippen LogP contribution is -2.29. The highest BCUT2D eigenvalue weighted by Crippen LogP contribution is 2.09. The molecule has 0 bridgehead atoms. The van der Waals surface area contributed by atoms with E-state index in [-0.39, 0.29) is 0 Å². The van der Waals surface area contributed by atoms with E-state index in [9.17, 15) is 14.9 Å². The molecule has 0 aromatic heterocycles. The Bertz CT molecular complexity index is 342. The van der Waals surface area contributed by atoms with E-state index in [1.54, 1.807) is 30.3 Å². The summed E-state index contributed by atoms with van der Waals surface area (Å²) in [6.07, 6.45) is 0. The molecular weight excluding hydrogens is 299 g/mol. The molecule has 0 aliphatic carbocycles. The highest BCUT2D eigenvalue weighted by Gasteiger charge is 2.25. The van der Waals surface area contributed by atoms with Gasteiger partial charge in [0.15, 0.2) is 0 Å². The molecule has 0 radical (unpaired) electrons. The van der Waals surface area contributed by atoms with Crippen LogP contribution in [0.2, 0.25) is 0 Å². The molecule has 0 heterocycles. The normalized spacial score (nSPS) is 11.8. The van der Waals surface area contributed by atoms with E-state index < -0.39 is 14.9 Å². The lowest BCUT2D eigenvalue weighted by atomic mass is 10.3. The molecule has 1 rings (SSSR count). The van der Waals surface area contributed by atoms with Gasteiger partial charge in [0.25, 0.3) is 0 Å². The van der Waals surface area contributed by atoms with Crippen LogP contribution in [0.15, 0.2) is 30.3 Å². The van der Waals surface area contributed by atoms with Gasteiger partial charge in [0.2, 0.25) is 0 Å². The van der Waals surface area contributed by atoms with Gasteiger partial charge in [-0.25, -0.2) is 0 Å². The van der Waals surface area contributed by atoms with E-state index in [0.717, 1.165) is 0 Å². The zero-order chi connectivity index (χ0) is 10.6. The lowest BCUT2D eigenvalue weighted by molar-refractivity contribution is -0.475. The first-order valence-electron chi connectivity index (χ1n) is 3.75. The Hall–Kier alpha value is -1.18. The summed E-state index contributed by atoms with van der Waals surface area (Å²) in [5.74, 6) is -0.623. The molecule has 1 aromatic rings. The van der Waals surface area contributed by atoms with Gasteiger partial charge in [0, 0.05) is 33.2 Å². The largest absolute Gasteiger partial charge is 0.337 e. The van der Waals surface area contributed by atoms with Gasteiger partial charge >= 0.3 is 9.96 Å². The quantitative estimate of drug-likeness (QED) is 0.303. The molecule has 0 fully saturated rings. The van der Waals surface area contributed by atoms with E-state index in [1.165, 1.54) is 22.6 Å². The van der Waals surface area contributed by atoms with Gasteiger partial charge in [-0.2, -0.15) is 0 Å². The van der Waals surface area contributed by atoms with Crippen LogP contribution in [0, 0.1) is 10.1 Å². The molecule has 0 aliphatic heterocycles. The van der Waals surface area contributed by atoms with Crippen LogP contribution >= 0.6 is 22.6 Å². The zero-order valence-corrected chi connectivity index (χ0v) is 9.17. The van der Waals surface area contributed by atoms with Crippen LogP contribution in [0.3, 0.4) is 0 Å². The molecule has 0 aliphatic rings. The first-order chi connectivity index (χ1) is 6.61. The summed E-state index contributed by atoms with van der Waals surface area (Å²) in [5.41, 5.74) is 0.556. The summed E-state index contributed by atoms with van der Waals surface area (Å²) in [7, 11) is 0. The van der Waals surface area contributed by atoms with Gasteiger partial charge in [-0.15, -0.1) is 0 Å². The first kappa shape index (κ1) is 10.9. The number of amides is 1. The summed E-state index contributed by atoms with van der Waals surface area (Å²) in [6, 6.07) is 8.61. The number of rotatable bonds is 3. The Kier molecular flexibility index (Phi) is 3.81. The number of nitro groups is 1. The first-order valence-corrected chi connectivity index (χ1v) is 4.99. The maximum Gasteiger partial charge on any atom is 0.337 e. The third-order valence-corrected chi connectivity index (χ3v) is 2.46. The van der Waals surface area contributed by atoms with E-state index in [2.05, 4.69) is 5.32 Å². The fourth-order valence-electron chi connectivity index (χ4n) is 0.819. The molecule has 1 atom stereocenters. The average Bonchev–Trinajstić information content (AvgIpc) is 2.18. The van der Waals surface area contributed by atoms with Crippen LogP contribution in [0.4, 0.5) is 5.69 Å². The minimum absolute atomic E-state index is 0.556. The van der Waals surface area contributed by atoms with Gasteiger partial charge in [0.05, 0.1) is 0 Å². The van der Waals surface area contributed by atoms with Crippen LogP contribution in [0.1, 0.15) is 0 Å². The monoisotopic (exact) mass is 306 g/mol. The summed E-state index contributed by atoms with van der Waals surface area (Å²) >= 11 is 1.47. The Balaban J connectivity index is 2.62. The predicted molar refractivity (Wildman–Crippen MR) is 59.9 cm³/mol. The number of para-hydroxylation sites is 1. The molecule has 1 aromatic carbocycles. The van der Waals surface area contributed by atoms with Crippen molar-refractivity contribution in [1.82, 2.24) is 0 Å². The van der Waals surface area contributed by atoms with E-state index in [1.807, 2.05) is 0 Å². The number of hydrogen-bond donors (Lipinski definition) is 1. The summed E-state index contributed by atoms with van der Waals surface area (Å²) in [6.45, 7) is 0. The van der Waals surface area contributed by atoms with Crippen molar-refractivity contribution < 1.29 is 9.72 Å². The topological polar surface area (TPSA) is 72.2 Å². The maximum atomic E-state index is 11.2. The fourth-order valence-corrected chi connectivity index (χ4v) is 0.975. The zero-order valence-electron chi connectivity index (χ0n) is 7.01. The molecule has 1 N–H and O–H groups in total. The van der Waals surface area contributed by atoms with Crippen molar-refractivity contribution in [2.45, 2.75) is 4.05 Å². The number of nitrogens with zero attached hydrogens (tertiary/aromatic N) is 1. The number of carbonyl (C=O) groups excluding carboxylic acids is 1. The van der Waals surface area contributed by atoms with Gasteiger partial charge in [-0.3, -0.25) is 14.9 Å². The van der Waals surface area contributed by atoms with Crippen molar-refractivity contribution in [3.63, 3.8) is 0 Å². The minimum Gasteiger partial charge on any atom is -0.319 e.